The summed E-state index contributed by atoms with van der Waals surface area (Å²) < 4.78 is 11.6. The summed E-state index contributed by atoms with van der Waals surface area (Å²) in [6, 6.07) is 9.52. The van der Waals surface area contributed by atoms with Crippen molar-refractivity contribution in [2.45, 2.75) is 12.3 Å². The molecule has 0 heterocycles. The predicted molar refractivity (Wildman–Crippen MR) is 91.1 cm³/mol. The highest BCUT2D eigenvalue weighted by Gasteiger charge is 2.19. The van der Waals surface area contributed by atoms with Crippen LogP contribution in [0.25, 0.3) is 0 Å². The third-order valence-corrected chi connectivity index (χ3v) is 4.57. The van der Waals surface area contributed by atoms with Crippen molar-refractivity contribution < 1.29 is 9.47 Å². The zero-order valence-electron chi connectivity index (χ0n) is 11.9. The van der Waals surface area contributed by atoms with Crippen LogP contribution in [0.2, 0.25) is 5.02 Å². The molecule has 2 rings (SSSR count). The molecule has 0 saturated carbocycles. The molecule has 0 aliphatic carbocycles. The fourth-order valence-electron chi connectivity index (χ4n) is 2.16. The van der Waals surface area contributed by atoms with Gasteiger partial charge in [0.15, 0.2) is 11.5 Å². The molecule has 0 amide bonds. The second-order valence-corrected chi connectivity index (χ2v) is 6.35. The summed E-state index contributed by atoms with van der Waals surface area (Å²) in [5, 5.41) is 0.195. The third-order valence-electron chi connectivity index (χ3n) is 3.28. The van der Waals surface area contributed by atoms with Crippen LogP contribution < -0.4 is 9.47 Å². The Morgan fingerprint density at radius 1 is 1.00 bits per heavy atom. The van der Waals surface area contributed by atoms with Gasteiger partial charge >= 0.3 is 0 Å². The molecule has 112 valence electrons. The average molecular weight is 390 g/mol. The van der Waals surface area contributed by atoms with Crippen LogP contribution in [0.15, 0.2) is 34.8 Å². The van der Waals surface area contributed by atoms with Crippen LogP contribution in [0, 0.1) is 6.92 Å². The molecule has 0 spiro atoms. The molecular formula is C16H15BrCl2O2. The highest BCUT2D eigenvalue weighted by Crippen LogP contribution is 2.41. The van der Waals surface area contributed by atoms with Gasteiger partial charge in [-0.2, -0.15) is 0 Å². The maximum atomic E-state index is 6.62. The smallest absolute Gasteiger partial charge is 0.162 e. The zero-order chi connectivity index (χ0) is 15.6. The Bertz CT molecular complexity index is 659. The van der Waals surface area contributed by atoms with E-state index in [0.717, 1.165) is 21.2 Å². The zero-order valence-corrected chi connectivity index (χ0v) is 15.0. The minimum Gasteiger partial charge on any atom is -0.493 e. The number of ether oxygens (including phenoxy) is 2. The fourth-order valence-corrected chi connectivity index (χ4v) is 3.37. The standard InChI is InChI=1S/C16H15BrCl2O2/c1-9-6-10(17)4-5-11(9)16(19)12-7-14(20-2)15(21-3)8-13(12)18/h4-8,16H,1-3H3. The summed E-state index contributed by atoms with van der Waals surface area (Å²) in [6.07, 6.45) is 0. The summed E-state index contributed by atoms with van der Waals surface area (Å²) >= 11 is 16.4. The fraction of sp³-hybridized carbons (Fsp3) is 0.250. The first-order valence-electron chi connectivity index (χ1n) is 6.29. The first-order valence-corrected chi connectivity index (χ1v) is 7.90. The van der Waals surface area contributed by atoms with Crippen molar-refractivity contribution in [2.75, 3.05) is 14.2 Å². The molecule has 2 aromatic carbocycles. The molecule has 0 aliphatic heterocycles. The minimum atomic E-state index is -0.356. The Morgan fingerprint density at radius 3 is 2.19 bits per heavy atom. The Morgan fingerprint density at radius 2 is 1.62 bits per heavy atom. The molecule has 1 atom stereocenters. The van der Waals surface area contributed by atoms with E-state index in [2.05, 4.69) is 15.9 Å². The largest absolute Gasteiger partial charge is 0.493 e. The SMILES string of the molecule is COc1cc(Cl)c(C(Cl)c2ccc(Br)cc2C)cc1OC. The summed E-state index contributed by atoms with van der Waals surface area (Å²) in [5.41, 5.74) is 2.89. The van der Waals surface area contributed by atoms with Crippen molar-refractivity contribution >= 4 is 39.1 Å². The highest BCUT2D eigenvalue weighted by atomic mass is 79.9. The molecule has 2 aromatic rings. The van der Waals surface area contributed by atoms with Crippen LogP contribution in [0.5, 0.6) is 11.5 Å². The van der Waals surface area contributed by atoms with Crippen molar-refractivity contribution in [3.8, 4) is 11.5 Å². The van der Waals surface area contributed by atoms with E-state index in [1.54, 1.807) is 20.3 Å². The summed E-state index contributed by atoms with van der Waals surface area (Å²) in [7, 11) is 3.16. The molecule has 1 unspecified atom stereocenters. The van der Waals surface area contributed by atoms with E-state index in [0.29, 0.717) is 16.5 Å². The van der Waals surface area contributed by atoms with Gasteiger partial charge in [0, 0.05) is 15.6 Å². The lowest BCUT2D eigenvalue weighted by Crippen LogP contribution is -2.00. The van der Waals surface area contributed by atoms with E-state index in [1.807, 2.05) is 31.2 Å². The predicted octanol–water partition coefficient (Wildman–Crippen LogP) is 5.76. The lowest BCUT2D eigenvalue weighted by molar-refractivity contribution is 0.354. The molecule has 0 bridgehead atoms. The maximum Gasteiger partial charge on any atom is 0.162 e. The van der Waals surface area contributed by atoms with Gasteiger partial charge in [-0.05, 0) is 41.8 Å². The van der Waals surface area contributed by atoms with Gasteiger partial charge in [0.1, 0.15) is 0 Å². The first kappa shape index (κ1) is 16.5. The van der Waals surface area contributed by atoms with Gasteiger partial charge in [0.05, 0.1) is 19.6 Å². The summed E-state index contributed by atoms with van der Waals surface area (Å²) in [6.45, 7) is 2.02. The Balaban J connectivity index is 2.50. The van der Waals surface area contributed by atoms with Crippen LogP contribution in [0.3, 0.4) is 0 Å². The van der Waals surface area contributed by atoms with Crippen LogP contribution in [0.1, 0.15) is 22.1 Å². The normalized spacial score (nSPS) is 12.1. The Labute approximate surface area is 143 Å². The monoisotopic (exact) mass is 388 g/mol. The van der Waals surface area contributed by atoms with Crippen molar-refractivity contribution in [2.24, 2.45) is 0 Å². The lowest BCUT2D eigenvalue weighted by atomic mass is 9.99. The summed E-state index contributed by atoms with van der Waals surface area (Å²) in [4.78, 5) is 0. The second kappa shape index (κ2) is 6.91. The van der Waals surface area contributed by atoms with E-state index >= 15 is 0 Å². The van der Waals surface area contributed by atoms with E-state index in [-0.39, 0.29) is 5.38 Å². The number of halogens is 3. The van der Waals surface area contributed by atoms with Gasteiger partial charge in [-0.25, -0.2) is 0 Å². The second-order valence-electron chi connectivity index (χ2n) is 4.59. The molecule has 0 saturated heterocycles. The maximum absolute atomic E-state index is 6.62. The molecule has 5 heteroatoms. The quantitative estimate of drug-likeness (QED) is 0.619. The third kappa shape index (κ3) is 3.47. The van der Waals surface area contributed by atoms with Gasteiger partial charge < -0.3 is 9.47 Å². The molecular weight excluding hydrogens is 375 g/mol. The minimum absolute atomic E-state index is 0.356. The van der Waals surface area contributed by atoms with Crippen LogP contribution in [-0.2, 0) is 0 Å². The Hall–Kier alpha value is -0.900. The van der Waals surface area contributed by atoms with Gasteiger partial charge in [0.25, 0.3) is 0 Å². The number of aryl methyl sites for hydroxylation is 1. The van der Waals surface area contributed by atoms with Gasteiger partial charge in [0.2, 0.25) is 0 Å². The van der Waals surface area contributed by atoms with E-state index in [4.69, 9.17) is 32.7 Å². The number of hydrogen-bond donors (Lipinski definition) is 0. The number of rotatable bonds is 4. The molecule has 2 nitrogen and oxygen atoms in total. The molecule has 0 aromatic heterocycles. The van der Waals surface area contributed by atoms with E-state index in [1.165, 1.54) is 0 Å². The highest BCUT2D eigenvalue weighted by molar-refractivity contribution is 9.10. The number of alkyl halides is 1. The molecule has 0 fully saturated rings. The lowest BCUT2D eigenvalue weighted by Gasteiger charge is -2.17. The first-order chi connectivity index (χ1) is 9.97. The topological polar surface area (TPSA) is 18.5 Å². The van der Waals surface area contributed by atoms with Crippen molar-refractivity contribution in [3.05, 3.63) is 56.5 Å². The molecule has 0 N–H and O–H groups in total. The molecule has 21 heavy (non-hydrogen) atoms. The van der Waals surface area contributed by atoms with Gasteiger partial charge in [-0.1, -0.05) is 33.6 Å². The van der Waals surface area contributed by atoms with Crippen molar-refractivity contribution in [1.82, 2.24) is 0 Å². The molecule has 0 radical (unpaired) electrons. The summed E-state index contributed by atoms with van der Waals surface area (Å²) in [5.74, 6) is 1.19. The van der Waals surface area contributed by atoms with E-state index in [9.17, 15) is 0 Å². The van der Waals surface area contributed by atoms with E-state index < -0.39 is 0 Å². The van der Waals surface area contributed by atoms with Crippen LogP contribution >= 0.6 is 39.1 Å². The van der Waals surface area contributed by atoms with Crippen LogP contribution in [-0.4, -0.2) is 14.2 Å². The number of methoxy groups -OCH3 is 2. The van der Waals surface area contributed by atoms with Crippen LogP contribution in [0.4, 0.5) is 0 Å². The Kier molecular flexibility index (Phi) is 5.42. The molecule has 0 aliphatic rings. The van der Waals surface area contributed by atoms with Gasteiger partial charge in [-0.15, -0.1) is 11.6 Å². The van der Waals surface area contributed by atoms with Gasteiger partial charge in [-0.3, -0.25) is 0 Å². The number of hydrogen-bond acceptors (Lipinski definition) is 2. The number of benzene rings is 2. The van der Waals surface area contributed by atoms with Crippen molar-refractivity contribution in [3.63, 3.8) is 0 Å². The van der Waals surface area contributed by atoms with Crippen molar-refractivity contribution in [1.29, 1.82) is 0 Å². The average Bonchev–Trinajstić information content (AvgIpc) is 2.46.